The second-order valence-electron chi connectivity index (χ2n) is 6.58. The molecular weight excluding hydrogens is 308 g/mol. The van der Waals surface area contributed by atoms with Crippen LogP contribution in [0.15, 0.2) is 34.4 Å². The summed E-state index contributed by atoms with van der Waals surface area (Å²) >= 11 is 1.43. The summed E-state index contributed by atoms with van der Waals surface area (Å²) in [4.78, 5) is 19.1. The first-order valence-electron chi connectivity index (χ1n) is 7.85. The van der Waals surface area contributed by atoms with Gasteiger partial charge in [0.25, 0.3) is 0 Å². The Hall–Kier alpha value is -1.82. The van der Waals surface area contributed by atoms with E-state index in [1.54, 1.807) is 0 Å². The molecule has 0 aliphatic carbocycles. The lowest BCUT2D eigenvalue weighted by Crippen LogP contribution is -2.31. The summed E-state index contributed by atoms with van der Waals surface area (Å²) in [5.74, 6) is 0.484. The highest BCUT2D eigenvalue weighted by molar-refractivity contribution is 8.14. The Morgan fingerprint density at radius 3 is 3.00 bits per heavy atom. The fraction of sp³-hybridized carbons (Fsp3) is 0.471. The Labute approximate surface area is 141 Å². The molecule has 2 aliphatic heterocycles. The van der Waals surface area contributed by atoms with Gasteiger partial charge in [-0.05, 0) is 38.8 Å². The molecule has 6 heteroatoms. The van der Waals surface area contributed by atoms with Gasteiger partial charge in [-0.3, -0.25) is 15.2 Å². The van der Waals surface area contributed by atoms with Crippen molar-refractivity contribution in [3.8, 4) is 0 Å². The van der Waals surface area contributed by atoms with Gasteiger partial charge in [-0.2, -0.15) is 5.10 Å². The van der Waals surface area contributed by atoms with Crippen LogP contribution < -0.4 is 10.3 Å². The number of hydrogen-bond acceptors (Lipinski definition) is 5. The number of para-hydroxylation sites is 1. The van der Waals surface area contributed by atoms with E-state index in [1.165, 1.54) is 17.3 Å². The third kappa shape index (κ3) is 3.75. The number of carbonyl (C=O) groups excluding carboxylic acids is 1. The van der Waals surface area contributed by atoms with Gasteiger partial charge in [0.05, 0.1) is 11.3 Å². The van der Waals surface area contributed by atoms with Crippen molar-refractivity contribution in [2.45, 2.75) is 39.2 Å². The van der Waals surface area contributed by atoms with Gasteiger partial charge in [0.1, 0.15) is 0 Å². The number of carbonyl (C=O) groups is 1. The molecule has 1 aromatic carbocycles. The average molecular weight is 330 g/mol. The minimum Gasteiger partial charge on any atom is -0.311 e. The van der Waals surface area contributed by atoms with Crippen LogP contribution in [0.25, 0.3) is 0 Å². The lowest BCUT2D eigenvalue weighted by Gasteiger charge is -2.19. The molecule has 0 fully saturated rings. The van der Waals surface area contributed by atoms with Gasteiger partial charge in [0.2, 0.25) is 5.91 Å². The Bertz CT molecular complexity index is 681. The smallest absolute Gasteiger partial charge is 0.237 e. The van der Waals surface area contributed by atoms with Crippen LogP contribution >= 0.6 is 11.8 Å². The maximum Gasteiger partial charge on any atom is 0.237 e. The molecule has 2 aliphatic rings. The number of anilines is 1. The SMILES string of the molecule is CC1=NNC(SCC(=O)N2CCc3ccccc32)=NC(C)(C)C1. The molecule has 0 spiro atoms. The molecule has 1 amide bonds. The van der Waals surface area contributed by atoms with E-state index in [0.29, 0.717) is 10.9 Å². The number of aliphatic imine (C=N–C) groups is 1. The molecule has 0 saturated carbocycles. The molecule has 1 N–H and O–H groups in total. The molecule has 0 aromatic heterocycles. The zero-order valence-electron chi connectivity index (χ0n) is 13.8. The monoisotopic (exact) mass is 330 g/mol. The number of amidine groups is 1. The number of nitrogens with one attached hydrogen (secondary N) is 1. The number of fused-ring (bicyclic) bond motifs is 1. The average Bonchev–Trinajstić information content (AvgIpc) is 2.87. The van der Waals surface area contributed by atoms with E-state index >= 15 is 0 Å². The van der Waals surface area contributed by atoms with Crippen LogP contribution in [0.2, 0.25) is 0 Å². The van der Waals surface area contributed by atoms with Gasteiger partial charge in [-0.1, -0.05) is 30.0 Å². The number of amides is 1. The molecular formula is C17H22N4OS. The summed E-state index contributed by atoms with van der Waals surface area (Å²) in [6, 6.07) is 8.11. The predicted octanol–water partition coefficient (Wildman–Crippen LogP) is 2.81. The molecule has 23 heavy (non-hydrogen) atoms. The number of hydrazone groups is 1. The van der Waals surface area contributed by atoms with Crippen LogP contribution in [-0.2, 0) is 11.2 Å². The highest BCUT2D eigenvalue weighted by Crippen LogP contribution is 2.28. The second kappa shape index (κ2) is 6.35. The minimum atomic E-state index is -0.192. The van der Waals surface area contributed by atoms with E-state index in [4.69, 9.17) is 0 Å². The van der Waals surface area contributed by atoms with Crippen LogP contribution in [-0.4, -0.2) is 34.6 Å². The van der Waals surface area contributed by atoms with Crippen molar-refractivity contribution < 1.29 is 4.79 Å². The lowest BCUT2D eigenvalue weighted by atomic mass is 9.99. The Morgan fingerprint density at radius 1 is 1.39 bits per heavy atom. The van der Waals surface area contributed by atoms with Crippen molar-refractivity contribution in [1.29, 1.82) is 0 Å². The third-order valence-corrected chi connectivity index (χ3v) is 4.80. The van der Waals surface area contributed by atoms with E-state index in [9.17, 15) is 4.79 Å². The van der Waals surface area contributed by atoms with Crippen LogP contribution in [0, 0.1) is 0 Å². The van der Waals surface area contributed by atoms with Gasteiger partial charge >= 0.3 is 0 Å². The van der Waals surface area contributed by atoms with Crippen molar-refractivity contribution in [3.05, 3.63) is 29.8 Å². The summed E-state index contributed by atoms with van der Waals surface area (Å²) < 4.78 is 0. The molecule has 2 heterocycles. The number of thioether (sulfide) groups is 1. The van der Waals surface area contributed by atoms with Crippen molar-refractivity contribution in [2.75, 3.05) is 17.2 Å². The predicted molar refractivity (Wildman–Crippen MR) is 97.3 cm³/mol. The van der Waals surface area contributed by atoms with E-state index in [2.05, 4.69) is 35.4 Å². The first-order valence-corrected chi connectivity index (χ1v) is 8.83. The number of hydrogen-bond donors (Lipinski definition) is 1. The van der Waals surface area contributed by atoms with Crippen molar-refractivity contribution >= 4 is 34.2 Å². The van der Waals surface area contributed by atoms with Crippen LogP contribution in [0.1, 0.15) is 32.8 Å². The molecule has 0 radical (unpaired) electrons. The molecule has 0 atom stereocenters. The van der Waals surface area contributed by atoms with E-state index in [1.807, 2.05) is 30.0 Å². The van der Waals surface area contributed by atoms with E-state index in [0.717, 1.165) is 30.8 Å². The minimum absolute atomic E-state index is 0.118. The van der Waals surface area contributed by atoms with Crippen molar-refractivity contribution in [1.82, 2.24) is 5.43 Å². The topological polar surface area (TPSA) is 57.1 Å². The molecule has 122 valence electrons. The first-order chi connectivity index (χ1) is 10.9. The van der Waals surface area contributed by atoms with E-state index in [-0.39, 0.29) is 11.4 Å². The molecule has 3 rings (SSSR count). The van der Waals surface area contributed by atoms with Gasteiger partial charge in [0.15, 0.2) is 5.17 Å². The number of benzene rings is 1. The molecule has 5 nitrogen and oxygen atoms in total. The van der Waals surface area contributed by atoms with Gasteiger partial charge in [-0.25, -0.2) is 0 Å². The maximum absolute atomic E-state index is 12.5. The van der Waals surface area contributed by atoms with Gasteiger partial charge in [0, 0.05) is 24.4 Å². The zero-order valence-corrected chi connectivity index (χ0v) is 14.6. The summed E-state index contributed by atoms with van der Waals surface area (Å²) in [5, 5.41) is 5.02. The molecule has 1 aromatic rings. The van der Waals surface area contributed by atoms with Crippen molar-refractivity contribution in [2.24, 2.45) is 10.1 Å². The highest BCUT2D eigenvalue weighted by atomic mass is 32.2. The van der Waals surface area contributed by atoms with Gasteiger partial charge in [-0.15, -0.1) is 0 Å². The summed E-state index contributed by atoms with van der Waals surface area (Å²) in [6.45, 7) is 6.92. The van der Waals surface area contributed by atoms with Crippen LogP contribution in [0.5, 0.6) is 0 Å². The molecule has 0 saturated heterocycles. The largest absolute Gasteiger partial charge is 0.311 e. The number of rotatable bonds is 2. The quantitative estimate of drug-likeness (QED) is 0.907. The maximum atomic E-state index is 12.5. The Morgan fingerprint density at radius 2 is 2.17 bits per heavy atom. The fourth-order valence-corrected chi connectivity index (χ4v) is 3.86. The fourth-order valence-electron chi connectivity index (χ4n) is 3.02. The lowest BCUT2D eigenvalue weighted by molar-refractivity contribution is -0.116. The first kappa shape index (κ1) is 16.1. The molecule has 0 bridgehead atoms. The van der Waals surface area contributed by atoms with Crippen LogP contribution in [0.3, 0.4) is 0 Å². The highest BCUT2D eigenvalue weighted by Gasteiger charge is 2.26. The molecule has 0 unspecified atom stereocenters. The summed E-state index contributed by atoms with van der Waals surface area (Å²) in [6.07, 6.45) is 1.75. The third-order valence-electron chi connectivity index (χ3n) is 3.96. The Kier molecular flexibility index (Phi) is 4.43. The number of nitrogens with zero attached hydrogens (tertiary/aromatic N) is 3. The summed E-state index contributed by atoms with van der Waals surface area (Å²) in [7, 11) is 0. The standard InChI is InChI=1S/C17H22N4OS/c1-12-10-17(2,3)18-16(20-19-12)23-11-15(22)21-9-8-13-6-4-5-7-14(13)21/h4-7H,8-11H2,1-3H3,(H,18,20). The van der Waals surface area contributed by atoms with Gasteiger partial charge < -0.3 is 4.90 Å². The zero-order chi connectivity index (χ0) is 16.4. The summed E-state index contributed by atoms with van der Waals surface area (Å²) in [5.41, 5.74) is 6.10. The van der Waals surface area contributed by atoms with Crippen molar-refractivity contribution in [3.63, 3.8) is 0 Å². The van der Waals surface area contributed by atoms with Crippen LogP contribution in [0.4, 0.5) is 5.69 Å². The Balaban J connectivity index is 1.65. The van der Waals surface area contributed by atoms with E-state index < -0.39 is 0 Å². The second-order valence-corrected chi connectivity index (χ2v) is 7.54. The normalized spacial score (nSPS) is 19.3.